The molecular weight excluding hydrogens is 228 g/mol. The van der Waals surface area contributed by atoms with E-state index in [4.69, 9.17) is 9.15 Å². The molecule has 3 nitrogen and oxygen atoms in total. The Balaban J connectivity index is 2.36. The summed E-state index contributed by atoms with van der Waals surface area (Å²) in [5.41, 5.74) is -0.262. The van der Waals surface area contributed by atoms with Crippen LogP contribution in [-0.2, 0) is 6.42 Å². The number of methoxy groups -OCH3 is 1. The smallest absolute Gasteiger partial charge is 0.343 e. The second kappa shape index (κ2) is 5.71. The normalized spacial score (nSPS) is 10.8. The number of hydrogen-bond donors (Lipinski definition) is 0. The van der Waals surface area contributed by atoms with Crippen LogP contribution in [0.1, 0.15) is 31.9 Å². The van der Waals surface area contributed by atoms with Crippen molar-refractivity contribution >= 4 is 10.8 Å². The third-order valence-corrected chi connectivity index (χ3v) is 3.05. The summed E-state index contributed by atoms with van der Waals surface area (Å²) in [6.45, 7) is 2.15. The Morgan fingerprint density at radius 3 is 2.78 bits per heavy atom. The lowest BCUT2D eigenvalue weighted by Crippen LogP contribution is -2.02. The maximum atomic E-state index is 11.8. The van der Waals surface area contributed by atoms with E-state index in [1.807, 2.05) is 12.1 Å². The van der Waals surface area contributed by atoms with E-state index >= 15 is 0 Å². The van der Waals surface area contributed by atoms with E-state index < -0.39 is 0 Å². The zero-order chi connectivity index (χ0) is 13.0. The first-order valence-corrected chi connectivity index (χ1v) is 6.35. The molecule has 0 bridgehead atoms. The zero-order valence-electron chi connectivity index (χ0n) is 10.9. The third-order valence-electron chi connectivity index (χ3n) is 3.05. The first-order valence-electron chi connectivity index (χ1n) is 6.35. The summed E-state index contributed by atoms with van der Waals surface area (Å²) in [7, 11) is 1.62. The van der Waals surface area contributed by atoms with Gasteiger partial charge in [0, 0.05) is 6.42 Å². The summed E-state index contributed by atoms with van der Waals surface area (Å²) in [4.78, 5) is 11.8. The minimum Gasteiger partial charge on any atom is -0.497 e. The lowest BCUT2D eigenvalue weighted by atomic mass is 10.1. The molecule has 0 saturated heterocycles. The number of aryl methyl sites for hydroxylation is 1. The Morgan fingerprint density at radius 2 is 2.06 bits per heavy atom. The van der Waals surface area contributed by atoms with Crippen LogP contribution in [-0.4, -0.2) is 7.11 Å². The summed E-state index contributed by atoms with van der Waals surface area (Å²) in [6.07, 6.45) is 4.18. The fourth-order valence-corrected chi connectivity index (χ4v) is 2.02. The van der Waals surface area contributed by atoms with Crippen molar-refractivity contribution in [3.8, 4) is 5.75 Å². The van der Waals surface area contributed by atoms with Crippen molar-refractivity contribution in [2.75, 3.05) is 7.11 Å². The monoisotopic (exact) mass is 246 g/mol. The minimum atomic E-state index is -0.262. The van der Waals surface area contributed by atoms with Crippen LogP contribution in [0.15, 0.2) is 33.5 Å². The van der Waals surface area contributed by atoms with E-state index in [-0.39, 0.29) is 5.63 Å². The molecule has 1 aromatic heterocycles. The molecular formula is C15H18O3. The number of benzene rings is 1. The molecule has 0 N–H and O–H groups in total. The lowest BCUT2D eigenvalue weighted by molar-refractivity contribution is 0.415. The molecule has 0 spiro atoms. The molecule has 0 saturated carbocycles. The first kappa shape index (κ1) is 12.7. The summed E-state index contributed by atoms with van der Waals surface area (Å²) in [5.74, 6) is 1.52. The molecule has 96 valence electrons. The molecule has 1 heterocycles. The Morgan fingerprint density at radius 1 is 1.22 bits per heavy atom. The van der Waals surface area contributed by atoms with Crippen LogP contribution in [0.3, 0.4) is 0 Å². The SMILES string of the molecule is CCCCCc1cc2cc(OC)ccc2c(=O)o1. The molecule has 0 aliphatic heterocycles. The van der Waals surface area contributed by atoms with E-state index in [2.05, 4.69) is 6.92 Å². The van der Waals surface area contributed by atoms with Crippen LogP contribution in [0.4, 0.5) is 0 Å². The van der Waals surface area contributed by atoms with Gasteiger partial charge >= 0.3 is 5.63 Å². The highest BCUT2D eigenvalue weighted by molar-refractivity contribution is 5.82. The second-order valence-corrected chi connectivity index (χ2v) is 4.41. The third kappa shape index (κ3) is 2.73. The number of fused-ring (bicyclic) bond motifs is 1. The number of rotatable bonds is 5. The van der Waals surface area contributed by atoms with Crippen LogP contribution in [0.2, 0.25) is 0 Å². The van der Waals surface area contributed by atoms with Gasteiger partial charge in [0.1, 0.15) is 11.5 Å². The van der Waals surface area contributed by atoms with E-state index in [9.17, 15) is 4.79 Å². The average Bonchev–Trinajstić information content (AvgIpc) is 2.38. The van der Waals surface area contributed by atoms with Crippen molar-refractivity contribution in [2.24, 2.45) is 0 Å². The van der Waals surface area contributed by atoms with E-state index in [0.717, 1.165) is 42.6 Å². The van der Waals surface area contributed by atoms with Crippen molar-refractivity contribution in [3.05, 3.63) is 40.4 Å². The molecule has 18 heavy (non-hydrogen) atoms. The summed E-state index contributed by atoms with van der Waals surface area (Å²) in [5, 5.41) is 1.49. The van der Waals surface area contributed by atoms with Gasteiger partial charge < -0.3 is 9.15 Å². The van der Waals surface area contributed by atoms with Crippen molar-refractivity contribution in [1.29, 1.82) is 0 Å². The molecule has 0 atom stereocenters. The molecule has 0 aliphatic rings. The van der Waals surface area contributed by atoms with Gasteiger partial charge in [-0.1, -0.05) is 19.8 Å². The largest absolute Gasteiger partial charge is 0.497 e. The summed E-state index contributed by atoms with van der Waals surface area (Å²) < 4.78 is 10.5. The van der Waals surface area contributed by atoms with Crippen LogP contribution < -0.4 is 10.4 Å². The van der Waals surface area contributed by atoms with Gasteiger partial charge in [0.25, 0.3) is 0 Å². The van der Waals surface area contributed by atoms with Gasteiger partial charge in [-0.2, -0.15) is 0 Å². The fraction of sp³-hybridized carbons (Fsp3) is 0.400. The predicted octanol–water partition coefficient (Wildman–Crippen LogP) is 3.53. The zero-order valence-corrected chi connectivity index (χ0v) is 10.9. The van der Waals surface area contributed by atoms with Crippen LogP contribution in [0, 0.1) is 0 Å². The van der Waals surface area contributed by atoms with Crippen LogP contribution in [0.25, 0.3) is 10.8 Å². The van der Waals surface area contributed by atoms with Gasteiger partial charge in [-0.25, -0.2) is 4.79 Å². The molecule has 0 fully saturated rings. The van der Waals surface area contributed by atoms with Gasteiger partial charge in [0.2, 0.25) is 0 Å². The molecule has 0 unspecified atom stereocenters. The van der Waals surface area contributed by atoms with Gasteiger partial charge in [-0.05, 0) is 36.1 Å². The summed E-state index contributed by atoms with van der Waals surface area (Å²) >= 11 is 0. The molecule has 0 amide bonds. The Bertz CT molecular complexity index is 584. The maximum absolute atomic E-state index is 11.8. The minimum absolute atomic E-state index is 0.262. The maximum Gasteiger partial charge on any atom is 0.343 e. The van der Waals surface area contributed by atoms with E-state index in [1.165, 1.54) is 0 Å². The van der Waals surface area contributed by atoms with Crippen LogP contribution in [0.5, 0.6) is 5.75 Å². The quantitative estimate of drug-likeness (QED) is 0.757. The van der Waals surface area contributed by atoms with Crippen molar-refractivity contribution in [2.45, 2.75) is 32.6 Å². The standard InChI is InChI=1S/C15H18O3/c1-3-4-5-6-13-10-11-9-12(17-2)7-8-14(11)15(16)18-13/h7-10H,3-6H2,1-2H3. The highest BCUT2D eigenvalue weighted by Crippen LogP contribution is 2.20. The molecule has 0 radical (unpaired) electrons. The highest BCUT2D eigenvalue weighted by atomic mass is 16.5. The van der Waals surface area contributed by atoms with Gasteiger partial charge in [-0.15, -0.1) is 0 Å². The van der Waals surface area contributed by atoms with Crippen molar-refractivity contribution in [1.82, 2.24) is 0 Å². The molecule has 2 aromatic rings. The summed E-state index contributed by atoms with van der Waals surface area (Å²) in [6, 6.07) is 7.33. The first-order chi connectivity index (χ1) is 8.74. The number of unbranched alkanes of at least 4 members (excludes halogenated alkanes) is 2. The predicted molar refractivity (Wildman–Crippen MR) is 72.3 cm³/mol. The highest BCUT2D eigenvalue weighted by Gasteiger charge is 2.05. The van der Waals surface area contributed by atoms with Crippen molar-refractivity contribution < 1.29 is 9.15 Å². The topological polar surface area (TPSA) is 39.4 Å². The molecule has 2 rings (SSSR count). The Kier molecular flexibility index (Phi) is 4.03. The van der Waals surface area contributed by atoms with Gasteiger partial charge in [0.15, 0.2) is 0 Å². The molecule has 3 heteroatoms. The van der Waals surface area contributed by atoms with E-state index in [1.54, 1.807) is 19.2 Å². The second-order valence-electron chi connectivity index (χ2n) is 4.41. The van der Waals surface area contributed by atoms with Crippen LogP contribution >= 0.6 is 0 Å². The fourth-order valence-electron chi connectivity index (χ4n) is 2.02. The Hall–Kier alpha value is -1.77. The molecule has 0 aliphatic carbocycles. The van der Waals surface area contributed by atoms with Gasteiger partial charge in [0.05, 0.1) is 12.5 Å². The number of hydrogen-bond acceptors (Lipinski definition) is 3. The van der Waals surface area contributed by atoms with E-state index in [0.29, 0.717) is 5.39 Å². The average molecular weight is 246 g/mol. The lowest BCUT2D eigenvalue weighted by Gasteiger charge is -2.04. The van der Waals surface area contributed by atoms with Crippen molar-refractivity contribution in [3.63, 3.8) is 0 Å². The Labute approximate surface area is 106 Å². The molecule has 1 aromatic carbocycles. The van der Waals surface area contributed by atoms with Gasteiger partial charge in [-0.3, -0.25) is 0 Å². The number of ether oxygens (including phenoxy) is 1.